The largest absolute Gasteiger partial charge is 0.481 e. The van der Waals surface area contributed by atoms with Crippen LogP contribution in [0, 0.1) is 18.7 Å². The molecule has 1 aromatic carbocycles. The smallest absolute Gasteiger partial charge is 0.309 e. The monoisotopic (exact) mass is 349 g/mol. The summed E-state index contributed by atoms with van der Waals surface area (Å²) in [6.45, 7) is 5.11. The summed E-state index contributed by atoms with van der Waals surface area (Å²) >= 11 is 0. The Balaban J connectivity index is 1.72. The molecule has 2 aliphatic heterocycles. The van der Waals surface area contributed by atoms with Gasteiger partial charge in [-0.05, 0) is 31.7 Å². The van der Waals surface area contributed by atoms with E-state index in [0.717, 1.165) is 6.54 Å². The highest BCUT2D eigenvalue weighted by Gasteiger charge is 2.36. The summed E-state index contributed by atoms with van der Waals surface area (Å²) in [5, 5.41) is 9.36. The molecule has 0 spiro atoms. The fraction of sp³-hybridized carbons (Fsp3) is 0.556. The van der Waals surface area contributed by atoms with Crippen molar-refractivity contribution in [2.24, 2.45) is 5.92 Å². The normalized spacial score (nSPS) is 25.3. The van der Waals surface area contributed by atoms with Gasteiger partial charge in [-0.15, -0.1) is 0 Å². The first-order valence-corrected chi connectivity index (χ1v) is 8.56. The maximum absolute atomic E-state index is 13.8. The lowest BCUT2D eigenvalue weighted by Gasteiger charge is -2.41. The van der Waals surface area contributed by atoms with Crippen molar-refractivity contribution in [1.29, 1.82) is 0 Å². The highest BCUT2D eigenvalue weighted by molar-refractivity contribution is 5.94. The number of carbonyl (C=O) groups is 2. The van der Waals surface area contributed by atoms with E-state index in [4.69, 9.17) is 0 Å². The molecule has 0 saturated carbocycles. The van der Waals surface area contributed by atoms with Crippen molar-refractivity contribution in [3.63, 3.8) is 0 Å². The van der Waals surface area contributed by atoms with Gasteiger partial charge in [0.25, 0.3) is 5.91 Å². The van der Waals surface area contributed by atoms with Crippen molar-refractivity contribution in [2.45, 2.75) is 13.0 Å². The fourth-order valence-electron chi connectivity index (χ4n) is 3.71. The minimum Gasteiger partial charge on any atom is -0.481 e. The number of carboxylic acids is 1. The predicted octanol–water partition coefficient (Wildman–Crippen LogP) is 0.907. The molecule has 1 N–H and O–H groups in total. The molecule has 25 heavy (non-hydrogen) atoms. The van der Waals surface area contributed by atoms with Crippen molar-refractivity contribution in [1.82, 2.24) is 14.7 Å². The molecule has 2 saturated heterocycles. The van der Waals surface area contributed by atoms with Crippen LogP contribution in [0.3, 0.4) is 0 Å². The standard InChI is InChI=1S/C18H24FN3O3/c1-12-3-4-13(7-16(12)19)17(23)22-6-5-21-9-14(18(24)25)8-20(2)10-15(21)11-22/h3-4,7,14-15H,5-6,8-11H2,1-2H3,(H,24,25)/t14-,15-/m1/s1. The zero-order valence-electron chi connectivity index (χ0n) is 14.6. The van der Waals surface area contributed by atoms with Gasteiger partial charge in [-0.3, -0.25) is 14.5 Å². The van der Waals surface area contributed by atoms with E-state index < -0.39 is 11.9 Å². The summed E-state index contributed by atoms with van der Waals surface area (Å²) in [6, 6.07) is 4.68. The lowest BCUT2D eigenvalue weighted by atomic mass is 10.1. The number of benzene rings is 1. The molecule has 2 aliphatic rings. The number of hydrogen-bond donors (Lipinski definition) is 1. The Morgan fingerprint density at radius 3 is 2.60 bits per heavy atom. The van der Waals surface area contributed by atoms with Crippen LogP contribution in [0.4, 0.5) is 4.39 Å². The van der Waals surface area contributed by atoms with Gasteiger partial charge in [-0.1, -0.05) is 6.07 Å². The van der Waals surface area contributed by atoms with Gasteiger partial charge >= 0.3 is 5.97 Å². The highest BCUT2D eigenvalue weighted by Crippen LogP contribution is 2.20. The number of amides is 1. The van der Waals surface area contributed by atoms with Crippen LogP contribution in [-0.2, 0) is 4.79 Å². The average Bonchev–Trinajstić information content (AvgIpc) is 2.74. The first-order chi connectivity index (χ1) is 11.8. The van der Waals surface area contributed by atoms with Gasteiger partial charge in [0, 0.05) is 50.9 Å². The van der Waals surface area contributed by atoms with E-state index in [-0.39, 0.29) is 17.8 Å². The van der Waals surface area contributed by atoms with E-state index >= 15 is 0 Å². The number of carbonyl (C=O) groups excluding carboxylic acids is 1. The Morgan fingerprint density at radius 2 is 1.92 bits per heavy atom. The van der Waals surface area contributed by atoms with Crippen LogP contribution < -0.4 is 0 Å². The van der Waals surface area contributed by atoms with Crippen molar-refractivity contribution < 1.29 is 19.1 Å². The lowest BCUT2D eigenvalue weighted by Crippen LogP contribution is -2.57. The van der Waals surface area contributed by atoms with Gasteiger partial charge in [0.05, 0.1) is 5.92 Å². The molecule has 3 rings (SSSR count). The fourth-order valence-corrected chi connectivity index (χ4v) is 3.71. The summed E-state index contributed by atoms with van der Waals surface area (Å²) in [5.41, 5.74) is 0.883. The van der Waals surface area contributed by atoms with Crippen molar-refractivity contribution in [2.75, 3.05) is 46.3 Å². The van der Waals surface area contributed by atoms with Crippen molar-refractivity contribution in [3.05, 3.63) is 35.1 Å². The minimum absolute atomic E-state index is 0.0994. The SMILES string of the molecule is Cc1ccc(C(=O)N2CCN3C[C@H](C(=O)O)CN(C)C[C@@H]3C2)cc1F. The van der Waals surface area contributed by atoms with E-state index in [1.165, 1.54) is 6.07 Å². The van der Waals surface area contributed by atoms with Crippen LogP contribution in [0.2, 0.25) is 0 Å². The van der Waals surface area contributed by atoms with E-state index in [0.29, 0.717) is 43.9 Å². The number of piperazine rings is 1. The van der Waals surface area contributed by atoms with Crippen LogP contribution in [0.1, 0.15) is 15.9 Å². The van der Waals surface area contributed by atoms with Gasteiger partial charge in [0.15, 0.2) is 0 Å². The first kappa shape index (κ1) is 17.8. The predicted molar refractivity (Wildman–Crippen MR) is 91.0 cm³/mol. The molecule has 136 valence electrons. The van der Waals surface area contributed by atoms with E-state index in [1.807, 2.05) is 11.9 Å². The highest BCUT2D eigenvalue weighted by atomic mass is 19.1. The van der Waals surface area contributed by atoms with Crippen LogP contribution in [0.5, 0.6) is 0 Å². The molecule has 1 amide bonds. The number of aliphatic carboxylic acids is 1. The summed E-state index contributed by atoms with van der Waals surface area (Å²) in [5.74, 6) is -1.73. The number of fused-ring (bicyclic) bond motifs is 1. The van der Waals surface area contributed by atoms with Crippen LogP contribution in [0.15, 0.2) is 18.2 Å². The molecular formula is C18H24FN3O3. The Hall–Kier alpha value is -1.99. The maximum Gasteiger partial charge on any atom is 0.309 e. The quantitative estimate of drug-likeness (QED) is 0.860. The van der Waals surface area contributed by atoms with Crippen molar-refractivity contribution in [3.8, 4) is 0 Å². The summed E-state index contributed by atoms with van der Waals surface area (Å²) < 4.78 is 13.8. The van der Waals surface area contributed by atoms with Gasteiger partial charge in [0.2, 0.25) is 0 Å². The second kappa shape index (κ2) is 7.09. The average molecular weight is 349 g/mol. The third-order valence-electron chi connectivity index (χ3n) is 5.17. The third kappa shape index (κ3) is 3.82. The van der Waals surface area contributed by atoms with Crippen LogP contribution in [-0.4, -0.2) is 84.0 Å². The summed E-state index contributed by atoms with van der Waals surface area (Å²) in [6.07, 6.45) is 0. The second-order valence-electron chi connectivity index (χ2n) is 7.12. The van der Waals surface area contributed by atoms with Crippen LogP contribution >= 0.6 is 0 Å². The molecule has 0 bridgehead atoms. The van der Waals surface area contributed by atoms with Gasteiger partial charge in [0.1, 0.15) is 5.82 Å². The molecule has 0 aliphatic carbocycles. The molecule has 7 heteroatoms. The molecule has 2 fully saturated rings. The third-order valence-corrected chi connectivity index (χ3v) is 5.17. The lowest BCUT2D eigenvalue weighted by molar-refractivity contribution is -0.142. The summed E-state index contributed by atoms with van der Waals surface area (Å²) in [4.78, 5) is 30.0. The molecule has 0 unspecified atom stereocenters. The number of nitrogens with zero attached hydrogens (tertiary/aromatic N) is 3. The number of hydrogen-bond acceptors (Lipinski definition) is 4. The van der Waals surface area contributed by atoms with Crippen molar-refractivity contribution >= 4 is 11.9 Å². The Labute approximate surface area is 146 Å². The van der Waals surface area contributed by atoms with Crippen LogP contribution in [0.25, 0.3) is 0 Å². The zero-order valence-corrected chi connectivity index (χ0v) is 14.6. The first-order valence-electron chi connectivity index (χ1n) is 8.56. The number of likely N-dealkylation sites (N-methyl/N-ethyl adjacent to an activating group) is 1. The number of carboxylic acid groups (broad SMARTS) is 1. The van der Waals surface area contributed by atoms with E-state index in [1.54, 1.807) is 24.0 Å². The van der Waals surface area contributed by atoms with Gasteiger partial charge < -0.3 is 14.9 Å². The Morgan fingerprint density at radius 1 is 1.16 bits per heavy atom. The van der Waals surface area contributed by atoms with Gasteiger partial charge in [-0.2, -0.15) is 0 Å². The molecular weight excluding hydrogens is 325 g/mol. The molecule has 1 aromatic rings. The molecule has 6 nitrogen and oxygen atoms in total. The van der Waals surface area contributed by atoms with E-state index in [9.17, 15) is 19.1 Å². The molecule has 0 aromatic heterocycles. The topological polar surface area (TPSA) is 64.1 Å². The number of rotatable bonds is 2. The number of aryl methyl sites for hydroxylation is 1. The van der Waals surface area contributed by atoms with Gasteiger partial charge in [-0.25, -0.2) is 4.39 Å². The molecule has 2 atom stereocenters. The molecule has 0 radical (unpaired) electrons. The summed E-state index contributed by atoms with van der Waals surface area (Å²) in [7, 11) is 1.91. The zero-order chi connectivity index (χ0) is 18.1. The molecule has 2 heterocycles. The van der Waals surface area contributed by atoms with E-state index in [2.05, 4.69) is 4.90 Å². The Kier molecular flexibility index (Phi) is 5.06. The maximum atomic E-state index is 13.8. The Bertz CT molecular complexity index is 682. The minimum atomic E-state index is -0.777. The number of halogens is 1. The second-order valence-corrected chi connectivity index (χ2v) is 7.12.